The minimum Gasteiger partial charge on any atom is -0.508 e. The second-order valence-electron chi connectivity index (χ2n) is 18.3. The van der Waals surface area contributed by atoms with Gasteiger partial charge in [-0.2, -0.15) is 0 Å². The molecule has 0 unspecified atom stereocenters. The summed E-state index contributed by atoms with van der Waals surface area (Å²) in [6.45, 7) is 12.5. The van der Waals surface area contributed by atoms with Crippen molar-refractivity contribution in [1.29, 1.82) is 0 Å². The summed E-state index contributed by atoms with van der Waals surface area (Å²) in [5.74, 6) is -7.20. The molecule has 5 rings (SSSR count). The number of piperidine rings is 1. The summed E-state index contributed by atoms with van der Waals surface area (Å²) >= 11 is 0. The Morgan fingerprint density at radius 3 is 2.03 bits per heavy atom. The highest BCUT2D eigenvalue weighted by Gasteiger charge is 2.45. The number of aliphatic carboxylic acids is 1. The number of aliphatic hydroxyl groups is 1. The van der Waals surface area contributed by atoms with Crippen LogP contribution < -0.4 is 26.6 Å². The number of amides is 6. The van der Waals surface area contributed by atoms with E-state index in [1.165, 1.54) is 19.1 Å². The number of rotatable bonds is 8. The van der Waals surface area contributed by atoms with Gasteiger partial charge in [0.15, 0.2) is 0 Å². The van der Waals surface area contributed by atoms with Gasteiger partial charge >= 0.3 is 5.97 Å². The van der Waals surface area contributed by atoms with E-state index in [0.717, 1.165) is 0 Å². The molecule has 0 saturated carbocycles. The van der Waals surface area contributed by atoms with E-state index >= 15 is 0 Å². The SMILES string of the molecule is CC(C)C[C@@H]1CC(=O)C2CCN(CC2)C(=O)[C@H](Cc2ccc(O)cc2)NC(=O)[C@@H]2CCCN2[C@H](C(=O)NC(C)(C)C)[C@H](C)NC(=O)[C@H]([C@@H](C)O)NC(=O)[C@H](CC(=O)O)NC1=O. The average molecular weight is 856 g/mol. The number of carboxylic acid groups (broad SMARTS) is 1. The highest BCUT2D eigenvalue weighted by molar-refractivity contribution is 5.96. The lowest BCUT2D eigenvalue weighted by molar-refractivity contribution is -0.142. The predicted molar refractivity (Wildman–Crippen MR) is 222 cm³/mol. The van der Waals surface area contributed by atoms with Crippen LogP contribution in [-0.2, 0) is 44.8 Å². The van der Waals surface area contributed by atoms with Crippen molar-refractivity contribution in [1.82, 2.24) is 36.4 Å². The van der Waals surface area contributed by atoms with Crippen molar-refractivity contribution in [2.24, 2.45) is 17.8 Å². The van der Waals surface area contributed by atoms with Gasteiger partial charge in [-0.25, -0.2) is 0 Å². The molecule has 0 aromatic heterocycles. The van der Waals surface area contributed by atoms with Crippen LogP contribution in [0.15, 0.2) is 24.3 Å². The summed E-state index contributed by atoms with van der Waals surface area (Å²) in [4.78, 5) is 113. The van der Waals surface area contributed by atoms with Gasteiger partial charge < -0.3 is 46.8 Å². The Morgan fingerprint density at radius 1 is 0.836 bits per heavy atom. The van der Waals surface area contributed by atoms with E-state index in [1.807, 2.05) is 13.8 Å². The first-order valence-electron chi connectivity index (χ1n) is 21.3. The second-order valence-corrected chi connectivity index (χ2v) is 18.3. The van der Waals surface area contributed by atoms with Crippen LogP contribution in [0, 0.1) is 17.8 Å². The number of carbonyl (C=O) groups excluding carboxylic acids is 7. The number of carbonyl (C=O) groups is 8. The molecule has 338 valence electrons. The zero-order chi connectivity index (χ0) is 45.3. The van der Waals surface area contributed by atoms with Crippen LogP contribution in [0.2, 0.25) is 0 Å². The number of phenols is 1. The number of nitrogens with zero attached hydrogens (tertiary/aromatic N) is 2. The Hall–Kier alpha value is -5.10. The van der Waals surface area contributed by atoms with Crippen LogP contribution in [0.3, 0.4) is 0 Å². The van der Waals surface area contributed by atoms with E-state index in [-0.39, 0.29) is 62.3 Å². The molecule has 4 saturated heterocycles. The molecule has 61 heavy (non-hydrogen) atoms. The molecule has 4 heterocycles. The number of aliphatic hydroxyl groups excluding tert-OH is 1. The van der Waals surface area contributed by atoms with Crippen LogP contribution in [0.25, 0.3) is 0 Å². The third-order valence-corrected chi connectivity index (χ3v) is 11.5. The fourth-order valence-corrected chi connectivity index (χ4v) is 8.48. The van der Waals surface area contributed by atoms with E-state index < -0.39 is 102 Å². The minimum absolute atomic E-state index is 0.0294. The van der Waals surface area contributed by atoms with Crippen LogP contribution in [-0.4, -0.2) is 140 Å². The topological polar surface area (TPSA) is 264 Å². The van der Waals surface area contributed by atoms with Gasteiger partial charge in [0.1, 0.15) is 35.7 Å². The van der Waals surface area contributed by atoms with E-state index in [4.69, 9.17) is 0 Å². The van der Waals surface area contributed by atoms with Crippen molar-refractivity contribution in [3.05, 3.63) is 29.8 Å². The Morgan fingerprint density at radius 2 is 1.46 bits per heavy atom. The largest absolute Gasteiger partial charge is 0.508 e. The number of hydrogen-bond donors (Lipinski definition) is 8. The zero-order valence-electron chi connectivity index (χ0n) is 36.4. The average Bonchev–Trinajstić information content (AvgIpc) is 3.64. The summed E-state index contributed by atoms with van der Waals surface area (Å²) in [6.07, 6.45) is -0.848. The van der Waals surface area contributed by atoms with E-state index in [0.29, 0.717) is 31.2 Å². The third kappa shape index (κ3) is 13.7. The Balaban J connectivity index is 1.77. The second kappa shape index (κ2) is 21.1. The van der Waals surface area contributed by atoms with Crippen LogP contribution in [0.1, 0.15) is 99.0 Å². The third-order valence-electron chi connectivity index (χ3n) is 11.5. The number of phenolic OH excluding ortho intramolecular Hbond substituents is 1. The predicted octanol–water partition coefficient (Wildman–Crippen LogP) is 0.371. The van der Waals surface area contributed by atoms with Crippen molar-refractivity contribution in [3.8, 4) is 5.75 Å². The van der Waals surface area contributed by atoms with Gasteiger partial charge in [0, 0.05) is 43.3 Å². The smallest absolute Gasteiger partial charge is 0.305 e. The first-order valence-corrected chi connectivity index (χ1v) is 21.3. The van der Waals surface area contributed by atoms with E-state index in [9.17, 15) is 53.7 Å². The number of carboxylic acids is 1. The number of Topliss-reactive ketones (excluding diaryl/α,β-unsaturated/α-hetero) is 1. The monoisotopic (exact) mass is 855 g/mol. The number of ketones is 1. The summed E-state index contributed by atoms with van der Waals surface area (Å²) in [5, 5.41) is 43.9. The fourth-order valence-electron chi connectivity index (χ4n) is 8.48. The Bertz CT molecular complexity index is 1770. The van der Waals surface area contributed by atoms with Crippen LogP contribution in [0.4, 0.5) is 0 Å². The first-order chi connectivity index (χ1) is 28.5. The van der Waals surface area contributed by atoms with Gasteiger partial charge in [-0.15, -0.1) is 0 Å². The molecule has 6 amide bonds. The molecular formula is C43H65N7O11. The summed E-state index contributed by atoms with van der Waals surface area (Å²) in [7, 11) is 0. The van der Waals surface area contributed by atoms with Gasteiger partial charge in [0.05, 0.1) is 24.6 Å². The molecule has 4 aliphatic rings. The molecular weight excluding hydrogens is 791 g/mol. The molecule has 1 aromatic carbocycles. The highest BCUT2D eigenvalue weighted by atomic mass is 16.4. The maximum Gasteiger partial charge on any atom is 0.305 e. The maximum absolute atomic E-state index is 14.4. The molecule has 2 bridgehead atoms. The summed E-state index contributed by atoms with van der Waals surface area (Å²) in [5.41, 5.74) is -0.0632. The van der Waals surface area contributed by atoms with Crippen molar-refractivity contribution in [2.75, 3.05) is 19.6 Å². The van der Waals surface area contributed by atoms with Crippen molar-refractivity contribution in [3.63, 3.8) is 0 Å². The molecule has 8 atom stereocenters. The van der Waals surface area contributed by atoms with Gasteiger partial charge in [0.25, 0.3) is 0 Å². The lowest BCUT2D eigenvalue weighted by atomic mass is 9.84. The molecule has 0 radical (unpaired) electrons. The Kier molecular flexibility index (Phi) is 16.8. The van der Waals surface area contributed by atoms with Crippen LogP contribution in [0.5, 0.6) is 5.75 Å². The molecule has 4 fully saturated rings. The standard InChI is InChI=1S/C43H65N7O11/c1-23(2)19-28-21-33(53)27-14-17-49(18-15-27)42(61)31(20-26-10-12-29(52)13-11-26)46-39(58)32-9-8-16-50(32)36(41(60)48-43(5,6)7)24(3)44-40(59)35(25(4)51)47-38(57)30(22-34(54)55)45-37(28)56/h10-13,23-25,27-28,30-32,35-36,51-52H,8-9,14-22H2,1-7H3,(H,44,59)(H,45,56)(H,46,58)(H,47,57)(H,48,60)(H,54,55)/t24-,25+,28+,30-,31-,32-,35-,36-/m0/s1. The summed E-state index contributed by atoms with van der Waals surface area (Å²) < 4.78 is 0. The first kappa shape index (κ1) is 48.6. The van der Waals surface area contributed by atoms with Crippen LogP contribution >= 0.6 is 0 Å². The van der Waals surface area contributed by atoms with Gasteiger partial charge in [-0.05, 0) is 96.9 Å². The molecule has 0 aliphatic carbocycles. The number of hydrogen-bond acceptors (Lipinski definition) is 11. The molecule has 1 aromatic rings. The number of fused-ring (bicyclic) bond motifs is 17. The number of nitrogens with one attached hydrogen (secondary N) is 5. The normalized spacial score (nSPS) is 28.6. The molecule has 0 spiro atoms. The fraction of sp³-hybridized carbons (Fsp3) is 0.674. The van der Waals surface area contributed by atoms with Crippen molar-refractivity contribution in [2.45, 2.75) is 148 Å². The number of aromatic hydroxyl groups is 1. The number of benzene rings is 1. The molecule has 4 aliphatic heterocycles. The lowest BCUT2D eigenvalue weighted by Crippen LogP contribution is -2.65. The molecule has 8 N–H and O–H groups in total. The van der Waals surface area contributed by atoms with Gasteiger partial charge in [-0.1, -0.05) is 26.0 Å². The quantitative estimate of drug-likeness (QED) is 0.165. The Labute approximate surface area is 357 Å². The van der Waals surface area contributed by atoms with E-state index in [1.54, 1.807) is 49.6 Å². The zero-order valence-corrected chi connectivity index (χ0v) is 36.4. The minimum atomic E-state index is -1.68. The van der Waals surface area contributed by atoms with Crippen molar-refractivity contribution < 1.29 is 53.7 Å². The maximum atomic E-state index is 14.4. The van der Waals surface area contributed by atoms with Crippen molar-refractivity contribution >= 4 is 47.2 Å². The lowest BCUT2D eigenvalue weighted by Gasteiger charge is -2.38. The van der Waals surface area contributed by atoms with E-state index in [2.05, 4.69) is 26.6 Å². The highest BCUT2D eigenvalue weighted by Crippen LogP contribution is 2.27. The van der Waals surface area contributed by atoms with Gasteiger partial charge in [0.2, 0.25) is 35.4 Å². The molecule has 18 nitrogen and oxygen atoms in total. The molecule has 18 heteroatoms. The van der Waals surface area contributed by atoms with Gasteiger partial charge in [-0.3, -0.25) is 43.3 Å². The summed E-state index contributed by atoms with van der Waals surface area (Å²) in [6, 6.07) is -1.25.